The van der Waals surface area contributed by atoms with E-state index in [1.807, 2.05) is 18.2 Å². The van der Waals surface area contributed by atoms with E-state index in [0.29, 0.717) is 12.5 Å². The van der Waals surface area contributed by atoms with Crippen molar-refractivity contribution in [2.24, 2.45) is 0 Å². The minimum absolute atomic E-state index is 0.329. The van der Waals surface area contributed by atoms with Crippen LogP contribution in [0, 0.1) is 0 Å². The van der Waals surface area contributed by atoms with Crippen molar-refractivity contribution in [2.45, 2.75) is 25.4 Å². The summed E-state index contributed by atoms with van der Waals surface area (Å²) in [5.74, 6) is 0.659. The van der Waals surface area contributed by atoms with Gasteiger partial charge >= 0.3 is 6.09 Å². The van der Waals surface area contributed by atoms with Crippen LogP contribution < -0.4 is 5.32 Å². The Hall–Kier alpha value is -2.30. The topological polar surface area (TPSA) is 67.0 Å². The first-order valence-electron chi connectivity index (χ1n) is 6.42. The Bertz CT molecular complexity index is 658. The molecule has 19 heavy (non-hydrogen) atoms. The largest absolute Gasteiger partial charge is 0.444 e. The maximum atomic E-state index is 11.2. The number of nitrogens with one attached hydrogen (secondary N) is 2. The van der Waals surface area contributed by atoms with Gasteiger partial charge in [-0.15, -0.1) is 0 Å². The maximum absolute atomic E-state index is 11.2. The van der Waals surface area contributed by atoms with Gasteiger partial charge in [-0.2, -0.15) is 5.10 Å². The molecule has 96 valence electrons. The van der Waals surface area contributed by atoms with Crippen LogP contribution in [-0.2, 0) is 11.3 Å². The van der Waals surface area contributed by atoms with Gasteiger partial charge in [0, 0.05) is 22.7 Å². The Morgan fingerprint density at radius 2 is 2.16 bits per heavy atom. The highest BCUT2D eigenvalue weighted by Gasteiger charge is 2.25. The van der Waals surface area contributed by atoms with Crippen LogP contribution >= 0.6 is 0 Å². The number of anilines is 1. The number of cyclic esters (lactones) is 1. The highest BCUT2D eigenvalue weighted by molar-refractivity contribution is 5.88. The standard InChI is InChI=1S/C14H13N3O2/c18-14-15-11-5-9(3-4-10(11)7-19-14)13-6-12(16-17-13)8-1-2-8/h3-6,8H,1-2,7H2,(H,15,18)(H,16,17). The van der Waals surface area contributed by atoms with Crippen molar-refractivity contribution in [2.75, 3.05) is 5.32 Å². The number of H-pyrrole nitrogens is 1. The van der Waals surface area contributed by atoms with Crippen molar-refractivity contribution in [3.05, 3.63) is 35.5 Å². The summed E-state index contributed by atoms with van der Waals surface area (Å²) in [7, 11) is 0. The third kappa shape index (κ3) is 1.87. The lowest BCUT2D eigenvalue weighted by Gasteiger charge is -2.17. The third-order valence-electron chi connectivity index (χ3n) is 3.62. The fourth-order valence-corrected chi connectivity index (χ4v) is 2.36. The van der Waals surface area contributed by atoms with Gasteiger partial charge in [-0.3, -0.25) is 10.4 Å². The van der Waals surface area contributed by atoms with Crippen LogP contribution in [0.3, 0.4) is 0 Å². The van der Waals surface area contributed by atoms with Crippen LogP contribution in [0.4, 0.5) is 10.5 Å². The van der Waals surface area contributed by atoms with E-state index in [2.05, 4.69) is 21.6 Å². The Morgan fingerprint density at radius 1 is 1.26 bits per heavy atom. The van der Waals surface area contributed by atoms with Gasteiger partial charge in [-0.1, -0.05) is 12.1 Å². The molecule has 1 saturated carbocycles. The molecule has 1 aromatic carbocycles. The number of hydrogen-bond donors (Lipinski definition) is 2. The number of benzene rings is 1. The van der Waals surface area contributed by atoms with E-state index in [9.17, 15) is 4.79 Å². The van der Waals surface area contributed by atoms with Gasteiger partial charge in [0.25, 0.3) is 0 Å². The van der Waals surface area contributed by atoms with Crippen molar-refractivity contribution >= 4 is 11.8 Å². The number of amides is 1. The molecule has 5 heteroatoms. The molecule has 4 rings (SSSR count). The molecular weight excluding hydrogens is 242 g/mol. The zero-order chi connectivity index (χ0) is 12.8. The normalized spacial score (nSPS) is 17.6. The van der Waals surface area contributed by atoms with Gasteiger partial charge in [0.2, 0.25) is 0 Å². The summed E-state index contributed by atoms with van der Waals surface area (Å²) in [5.41, 5.74) is 4.93. The molecule has 1 fully saturated rings. The number of hydrogen-bond acceptors (Lipinski definition) is 3. The number of ether oxygens (including phenoxy) is 1. The van der Waals surface area contributed by atoms with E-state index >= 15 is 0 Å². The average molecular weight is 255 g/mol. The summed E-state index contributed by atoms with van der Waals surface area (Å²) in [6, 6.07) is 8.02. The molecule has 0 atom stereocenters. The lowest BCUT2D eigenvalue weighted by atomic mass is 10.1. The Labute approximate surface area is 110 Å². The zero-order valence-corrected chi connectivity index (χ0v) is 10.3. The highest BCUT2D eigenvalue weighted by atomic mass is 16.5. The van der Waals surface area contributed by atoms with Gasteiger partial charge in [-0.25, -0.2) is 4.79 Å². The first kappa shape index (κ1) is 10.6. The molecule has 0 spiro atoms. The lowest BCUT2D eigenvalue weighted by molar-refractivity contribution is 0.151. The molecule has 1 amide bonds. The fourth-order valence-electron chi connectivity index (χ4n) is 2.36. The van der Waals surface area contributed by atoms with Crippen LogP contribution in [0.25, 0.3) is 11.3 Å². The number of fused-ring (bicyclic) bond motifs is 1. The molecule has 2 N–H and O–H groups in total. The summed E-state index contributed by atoms with van der Waals surface area (Å²) < 4.78 is 4.92. The first-order valence-corrected chi connectivity index (χ1v) is 6.42. The van der Waals surface area contributed by atoms with Gasteiger partial charge in [-0.05, 0) is 25.0 Å². The summed E-state index contributed by atoms with van der Waals surface area (Å²) in [6.07, 6.45) is 2.10. The van der Waals surface area contributed by atoms with E-state index < -0.39 is 6.09 Å². The van der Waals surface area contributed by atoms with Crippen molar-refractivity contribution in [1.29, 1.82) is 0 Å². The van der Waals surface area contributed by atoms with E-state index in [-0.39, 0.29) is 0 Å². The maximum Gasteiger partial charge on any atom is 0.411 e. The van der Waals surface area contributed by atoms with Gasteiger partial charge in [0.1, 0.15) is 6.61 Å². The quantitative estimate of drug-likeness (QED) is 0.866. The molecule has 2 aromatic rings. The van der Waals surface area contributed by atoms with Gasteiger partial charge in [0.05, 0.1) is 11.4 Å². The molecule has 1 aliphatic carbocycles. The van der Waals surface area contributed by atoms with Crippen molar-refractivity contribution < 1.29 is 9.53 Å². The van der Waals surface area contributed by atoms with Crippen LogP contribution in [0.1, 0.15) is 30.0 Å². The first-order chi connectivity index (χ1) is 9.29. The summed E-state index contributed by atoms with van der Waals surface area (Å²) in [4.78, 5) is 11.2. The van der Waals surface area contributed by atoms with Crippen LogP contribution in [0.2, 0.25) is 0 Å². The van der Waals surface area contributed by atoms with Crippen LogP contribution in [0.15, 0.2) is 24.3 Å². The second-order valence-corrected chi connectivity index (χ2v) is 5.06. The molecule has 2 aliphatic rings. The molecule has 2 heterocycles. The molecule has 1 aromatic heterocycles. The van der Waals surface area contributed by atoms with Crippen molar-refractivity contribution in [1.82, 2.24) is 10.2 Å². The third-order valence-corrected chi connectivity index (χ3v) is 3.62. The smallest absolute Gasteiger partial charge is 0.411 e. The molecule has 5 nitrogen and oxygen atoms in total. The number of carbonyl (C=O) groups is 1. The molecule has 0 bridgehead atoms. The number of aromatic amines is 1. The second-order valence-electron chi connectivity index (χ2n) is 5.06. The second kappa shape index (κ2) is 3.85. The van der Waals surface area contributed by atoms with Crippen molar-refractivity contribution in [3.63, 3.8) is 0 Å². The predicted octanol–water partition coefficient (Wildman–Crippen LogP) is 3.02. The number of aromatic nitrogens is 2. The molecule has 0 radical (unpaired) electrons. The Kier molecular flexibility index (Phi) is 2.15. The van der Waals surface area contributed by atoms with E-state index in [0.717, 1.165) is 22.5 Å². The Balaban J connectivity index is 1.70. The SMILES string of the molecule is O=C1Nc2cc(-c3cc(C4CC4)[nH]n3)ccc2CO1. The summed E-state index contributed by atoms with van der Waals surface area (Å²) in [6.45, 7) is 0.329. The van der Waals surface area contributed by atoms with E-state index in [1.54, 1.807) is 0 Å². The zero-order valence-electron chi connectivity index (χ0n) is 10.3. The van der Waals surface area contributed by atoms with Gasteiger partial charge in [0.15, 0.2) is 0 Å². The van der Waals surface area contributed by atoms with Crippen LogP contribution in [0.5, 0.6) is 0 Å². The van der Waals surface area contributed by atoms with Crippen molar-refractivity contribution in [3.8, 4) is 11.3 Å². The average Bonchev–Trinajstić information content (AvgIpc) is 3.16. The number of carbonyl (C=O) groups excluding carboxylic acids is 1. The van der Waals surface area contributed by atoms with Crippen LogP contribution in [-0.4, -0.2) is 16.3 Å². The summed E-state index contributed by atoms with van der Waals surface area (Å²) >= 11 is 0. The van der Waals surface area contributed by atoms with E-state index in [4.69, 9.17) is 4.74 Å². The predicted molar refractivity (Wildman–Crippen MR) is 69.8 cm³/mol. The monoisotopic (exact) mass is 255 g/mol. The molecule has 1 aliphatic heterocycles. The summed E-state index contributed by atoms with van der Waals surface area (Å²) in [5, 5.41) is 10.2. The minimum Gasteiger partial charge on any atom is -0.444 e. The highest BCUT2D eigenvalue weighted by Crippen LogP contribution is 2.40. The molecule has 0 saturated heterocycles. The Morgan fingerprint density at radius 3 is 3.00 bits per heavy atom. The van der Waals surface area contributed by atoms with Gasteiger partial charge < -0.3 is 4.74 Å². The lowest BCUT2D eigenvalue weighted by Crippen LogP contribution is -2.20. The number of nitrogens with zero attached hydrogens (tertiary/aromatic N) is 1. The van der Waals surface area contributed by atoms with E-state index in [1.165, 1.54) is 18.5 Å². The molecular formula is C14H13N3O2. The fraction of sp³-hybridized carbons (Fsp3) is 0.286. The molecule has 0 unspecified atom stereocenters. The number of rotatable bonds is 2. The minimum atomic E-state index is -0.398.